The zero-order valence-electron chi connectivity index (χ0n) is 9.57. The number of hydrogen-bond donors (Lipinski definition) is 2. The highest BCUT2D eigenvalue weighted by Crippen LogP contribution is 2.23. The van der Waals surface area contributed by atoms with E-state index < -0.39 is 12.8 Å². The average Bonchev–Trinajstić information content (AvgIpc) is 2.72. The second-order valence-corrected chi connectivity index (χ2v) is 3.47. The fourth-order valence-electron chi connectivity index (χ4n) is 1.59. The van der Waals surface area contributed by atoms with E-state index in [9.17, 15) is 4.79 Å². The van der Waals surface area contributed by atoms with Gasteiger partial charge in [0.25, 0.3) is 0 Å². The number of aryl methyl sites for hydroxylation is 1. The molecule has 0 atom stereocenters. The van der Waals surface area contributed by atoms with Crippen LogP contribution in [0.3, 0.4) is 0 Å². The number of carboxylic acid groups (broad SMARTS) is 1. The molecule has 7 heteroatoms. The summed E-state index contributed by atoms with van der Waals surface area (Å²) in [6, 6.07) is 4.87. The predicted molar refractivity (Wildman–Crippen MR) is 61.1 cm³/mol. The molecule has 0 radical (unpaired) electrons. The topological polar surface area (TPSA) is 97.5 Å². The van der Waals surface area contributed by atoms with Crippen molar-refractivity contribution in [2.45, 2.75) is 0 Å². The van der Waals surface area contributed by atoms with Gasteiger partial charge in [-0.25, -0.2) is 9.78 Å². The molecule has 0 fully saturated rings. The maximum atomic E-state index is 11.1. The van der Waals surface area contributed by atoms with Crippen LogP contribution in [0, 0.1) is 0 Å². The number of rotatable bonds is 4. The van der Waals surface area contributed by atoms with Crippen molar-refractivity contribution in [2.24, 2.45) is 7.05 Å². The summed E-state index contributed by atoms with van der Waals surface area (Å²) in [6.07, 6.45) is 1.43. The van der Waals surface area contributed by atoms with Crippen LogP contribution in [0.1, 0.15) is 10.5 Å². The summed E-state index contributed by atoms with van der Waals surface area (Å²) in [5.74, 6) is -0.865. The zero-order valence-corrected chi connectivity index (χ0v) is 9.57. The average molecular weight is 249 g/mol. The zero-order chi connectivity index (χ0) is 13.1. The van der Waals surface area contributed by atoms with Crippen molar-refractivity contribution < 1.29 is 19.7 Å². The monoisotopic (exact) mass is 249 g/mol. The third-order valence-corrected chi connectivity index (χ3v) is 2.35. The Morgan fingerprint density at radius 3 is 2.94 bits per heavy atom. The molecule has 0 amide bonds. The van der Waals surface area contributed by atoms with Gasteiger partial charge in [0.1, 0.15) is 0 Å². The normalized spacial score (nSPS) is 10.3. The molecule has 2 heterocycles. The summed E-state index contributed by atoms with van der Waals surface area (Å²) < 4.78 is 6.11. The largest absolute Gasteiger partial charge is 0.477 e. The molecule has 2 N–H and O–H groups in total. The van der Waals surface area contributed by atoms with Crippen LogP contribution in [0.4, 0.5) is 0 Å². The Morgan fingerprint density at radius 1 is 1.50 bits per heavy atom. The first-order valence-corrected chi connectivity index (χ1v) is 5.10. The van der Waals surface area contributed by atoms with Crippen molar-refractivity contribution in [1.82, 2.24) is 14.8 Å². The fraction of sp³-hybridized carbons (Fsp3) is 0.182. The van der Waals surface area contributed by atoms with Gasteiger partial charge >= 0.3 is 5.97 Å². The lowest BCUT2D eigenvalue weighted by atomic mass is 10.1. The molecule has 0 aromatic carbocycles. The van der Waals surface area contributed by atoms with Crippen LogP contribution in [-0.4, -0.2) is 37.7 Å². The minimum absolute atomic E-state index is 0.0450. The first-order valence-electron chi connectivity index (χ1n) is 5.10. The van der Waals surface area contributed by atoms with Crippen molar-refractivity contribution >= 4 is 5.97 Å². The third kappa shape index (κ3) is 2.16. The predicted octanol–water partition coefficient (Wildman–Crippen LogP) is 0.509. The van der Waals surface area contributed by atoms with E-state index in [2.05, 4.69) is 10.1 Å². The second kappa shape index (κ2) is 4.84. The smallest absolute Gasteiger partial charge is 0.354 e. The molecule has 0 aliphatic carbocycles. The summed E-state index contributed by atoms with van der Waals surface area (Å²) >= 11 is 0. The molecule has 7 nitrogen and oxygen atoms in total. The van der Waals surface area contributed by atoms with Crippen LogP contribution >= 0.6 is 0 Å². The van der Waals surface area contributed by atoms with E-state index in [-0.39, 0.29) is 11.6 Å². The summed E-state index contributed by atoms with van der Waals surface area (Å²) in [7, 11) is 1.54. The van der Waals surface area contributed by atoms with E-state index in [0.717, 1.165) is 0 Å². The molecule has 0 aliphatic rings. The quantitative estimate of drug-likeness (QED) is 0.766. The molecule has 0 aliphatic heterocycles. The van der Waals surface area contributed by atoms with Gasteiger partial charge in [-0.15, -0.1) is 0 Å². The van der Waals surface area contributed by atoms with Crippen molar-refractivity contribution in [3.63, 3.8) is 0 Å². The SMILES string of the molecule is Cn1ncc(-c2cccc(OCO)n2)c1C(=O)O. The van der Waals surface area contributed by atoms with Gasteiger partial charge in [-0.2, -0.15) is 5.10 Å². The molecule has 0 bridgehead atoms. The van der Waals surface area contributed by atoms with Crippen LogP contribution in [0.5, 0.6) is 5.88 Å². The van der Waals surface area contributed by atoms with E-state index in [4.69, 9.17) is 14.9 Å². The Kier molecular flexibility index (Phi) is 3.24. The van der Waals surface area contributed by atoms with Gasteiger partial charge in [0, 0.05) is 13.1 Å². The molecule has 94 valence electrons. The highest BCUT2D eigenvalue weighted by molar-refractivity contribution is 5.93. The lowest BCUT2D eigenvalue weighted by Crippen LogP contribution is -2.07. The van der Waals surface area contributed by atoms with Crippen molar-refractivity contribution in [3.8, 4) is 17.1 Å². The van der Waals surface area contributed by atoms with Gasteiger partial charge in [-0.3, -0.25) is 4.68 Å². The standard InChI is InChI=1S/C11H11N3O4/c1-14-10(11(16)17)7(5-12-14)8-3-2-4-9(13-8)18-6-15/h2-5,15H,6H2,1H3,(H,16,17). The highest BCUT2D eigenvalue weighted by Gasteiger charge is 2.18. The Balaban J connectivity index is 2.48. The first kappa shape index (κ1) is 12.1. The van der Waals surface area contributed by atoms with Gasteiger partial charge in [0.05, 0.1) is 17.5 Å². The number of aromatic nitrogens is 3. The lowest BCUT2D eigenvalue weighted by Gasteiger charge is -2.04. The third-order valence-electron chi connectivity index (χ3n) is 2.35. The molecule has 2 aromatic heterocycles. The Hall–Kier alpha value is -2.41. The lowest BCUT2D eigenvalue weighted by molar-refractivity contribution is 0.0685. The van der Waals surface area contributed by atoms with Gasteiger partial charge in [0.15, 0.2) is 12.5 Å². The molecular formula is C11H11N3O4. The summed E-state index contributed by atoms with van der Waals surface area (Å²) in [5, 5.41) is 21.7. The molecule has 18 heavy (non-hydrogen) atoms. The van der Waals surface area contributed by atoms with E-state index >= 15 is 0 Å². The first-order chi connectivity index (χ1) is 8.63. The van der Waals surface area contributed by atoms with E-state index in [1.165, 1.54) is 10.9 Å². The van der Waals surface area contributed by atoms with Crippen LogP contribution in [-0.2, 0) is 7.05 Å². The summed E-state index contributed by atoms with van der Waals surface area (Å²) in [5.41, 5.74) is 0.864. The maximum absolute atomic E-state index is 11.1. The molecule has 0 spiro atoms. The van der Waals surface area contributed by atoms with Crippen molar-refractivity contribution in [1.29, 1.82) is 0 Å². The van der Waals surface area contributed by atoms with Crippen molar-refractivity contribution in [2.75, 3.05) is 6.79 Å². The number of carbonyl (C=O) groups is 1. The maximum Gasteiger partial charge on any atom is 0.354 e. The van der Waals surface area contributed by atoms with E-state index in [0.29, 0.717) is 11.3 Å². The molecule has 0 saturated carbocycles. The Bertz CT molecular complexity index is 579. The molecule has 2 aromatic rings. The Morgan fingerprint density at radius 2 is 2.28 bits per heavy atom. The molecular weight excluding hydrogens is 238 g/mol. The van der Waals surface area contributed by atoms with E-state index in [1.807, 2.05) is 0 Å². The molecule has 0 unspecified atom stereocenters. The number of pyridine rings is 1. The Labute approximate surface area is 102 Å². The number of aliphatic hydroxyl groups excluding tert-OH is 1. The van der Waals surface area contributed by atoms with Gasteiger partial charge in [-0.05, 0) is 6.07 Å². The number of nitrogens with zero attached hydrogens (tertiary/aromatic N) is 3. The fourth-order valence-corrected chi connectivity index (χ4v) is 1.59. The number of ether oxygens (including phenoxy) is 1. The number of aromatic carboxylic acids is 1. The van der Waals surface area contributed by atoms with Gasteiger partial charge in [-0.1, -0.05) is 6.07 Å². The van der Waals surface area contributed by atoms with Gasteiger partial charge in [0.2, 0.25) is 5.88 Å². The van der Waals surface area contributed by atoms with Crippen LogP contribution in [0.25, 0.3) is 11.3 Å². The van der Waals surface area contributed by atoms with E-state index in [1.54, 1.807) is 25.2 Å². The number of hydrogen-bond acceptors (Lipinski definition) is 5. The summed E-state index contributed by atoms with van der Waals surface area (Å²) in [4.78, 5) is 15.2. The molecule has 0 saturated heterocycles. The summed E-state index contributed by atoms with van der Waals surface area (Å²) in [6.45, 7) is -0.491. The van der Waals surface area contributed by atoms with Crippen LogP contribution < -0.4 is 4.74 Å². The minimum Gasteiger partial charge on any atom is -0.477 e. The van der Waals surface area contributed by atoms with Crippen LogP contribution in [0.2, 0.25) is 0 Å². The highest BCUT2D eigenvalue weighted by atomic mass is 16.6. The number of carboxylic acids is 1. The van der Waals surface area contributed by atoms with Crippen molar-refractivity contribution in [3.05, 3.63) is 30.1 Å². The van der Waals surface area contributed by atoms with Crippen LogP contribution in [0.15, 0.2) is 24.4 Å². The minimum atomic E-state index is -1.08. The second-order valence-electron chi connectivity index (χ2n) is 3.47. The van der Waals surface area contributed by atoms with Gasteiger partial charge < -0.3 is 14.9 Å². The molecule has 2 rings (SSSR count). The number of aliphatic hydroxyl groups is 1.